The molecule has 0 heterocycles. The van der Waals surface area contributed by atoms with E-state index in [1.807, 2.05) is 0 Å². The second-order valence-electron chi connectivity index (χ2n) is 11.4. The average Bonchev–Trinajstić information content (AvgIpc) is 3.12. The Bertz CT molecular complexity index is 2180. The number of hydrogen-bond donors (Lipinski definition) is 0. The van der Waals surface area contributed by atoms with Gasteiger partial charge < -0.3 is 4.90 Å². The van der Waals surface area contributed by atoms with E-state index in [0.29, 0.717) is 0 Å². The van der Waals surface area contributed by atoms with Crippen LogP contribution >= 0.6 is 0 Å². The Morgan fingerprint density at radius 3 is 1.40 bits per heavy atom. The normalized spacial score (nSPS) is 11.1. The van der Waals surface area contributed by atoms with Gasteiger partial charge in [-0.05, 0) is 79.7 Å². The molecule has 1 nitrogen and oxygen atoms in total. The third kappa shape index (κ3) is 5.05. The van der Waals surface area contributed by atoms with Crippen molar-refractivity contribution < 1.29 is 0 Å². The van der Waals surface area contributed by atoms with Gasteiger partial charge in [0.2, 0.25) is 0 Å². The Labute approximate surface area is 264 Å². The largest absolute Gasteiger partial charge is 0.310 e. The lowest BCUT2D eigenvalue weighted by Gasteiger charge is -2.30. The van der Waals surface area contributed by atoms with E-state index in [1.165, 1.54) is 54.9 Å². The molecule has 0 aliphatic heterocycles. The van der Waals surface area contributed by atoms with Crippen LogP contribution in [0.5, 0.6) is 0 Å². The molecule has 8 aromatic carbocycles. The third-order valence-electron chi connectivity index (χ3n) is 8.63. The standard InChI is InChI=1S/C44H31N/c1-3-14-32(15-4-1)36-21-11-23-38(30-36)45(39-24-12-22-37(31-39)33-16-5-2-6-17-33)43-29-28-35-19-8-10-26-41(35)44(43)42-27-13-20-34-18-7-9-25-40(34)42/h1-31H. The molecule has 0 amide bonds. The Morgan fingerprint density at radius 2 is 0.778 bits per heavy atom. The summed E-state index contributed by atoms with van der Waals surface area (Å²) in [5.74, 6) is 0. The predicted molar refractivity (Wildman–Crippen MR) is 192 cm³/mol. The molecule has 0 N–H and O–H groups in total. The molecule has 1 heteroatoms. The predicted octanol–water partition coefficient (Wildman–Crippen LogP) is 12.5. The Kier molecular flexibility index (Phi) is 6.90. The molecule has 0 fully saturated rings. The van der Waals surface area contributed by atoms with Gasteiger partial charge in [-0.2, -0.15) is 0 Å². The first-order valence-electron chi connectivity index (χ1n) is 15.4. The van der Waals surface area contributed by atoms with Crippen molar-refractivity contribution in [2.75, 3.05) is 4.90 Å². The summed E-state index contributed by atoms with van der Waals surface area (Å²) in [6.45, 7) is 0. The zero-order valence-corrected chi connectivity index (χ0v) is 24.8. The first-order valence-corrected chi connectivity index (χ1v) is 15.4. The minimum atomic E-state index is 1.11. The van der Waals surface area contributed by atoms with Crippen LogP contribution in [0.4, 0.5) is 17.1 Å². The summed E-state index contributed by atoms with van der Waals surface area (Å²) >= 11 is 0. The lowest BCUT2D eigenvalue weighted by Crippen LogP contribution is -2.12. The van der Waals surface area contributed by atoms with Crippen LogP contribution in [0.3, 0.4) is 0 Å². The number of nitrogens with zero attached hydrogens (tertiary/aromatic N) is 1. The Hall–Kier alpha value is -5.92. The molecule has 8 aromatic rings. The monoisotopic (exact) mass is 573 g/mol. The van der Waals surface area contributed by atoms with Crippen molar-refractivity contribution in [1.82, 2.24) is 0 Å². The summed E-state index contributed by atoms with van der Waals surface area (Å²) in [7, 11) is 0. The maximum atomic E-state index is 2.43. The van der Waals surface area contributed by atoms with Crippen LogP contribution in [-0.2, 0) is 0 Å². The molecule has 212 valence electrons. The molecule has 0 aliphatic carbocycles. The first-order chi connectivity index (χ1) is 22.3. The summed E-state index contributed by atoms with van der Waals surface area (Å²) in [5, 5.41) is 4.93. The third-order valence-corrected chi connectivity index (χ3v) is 8.63. The van der Waals surface area contributed by atoms with Gasteiger partial charge in [0.25, 0.3) is 0 Å². The molecule has 0 atom stereocenters. The van der Waals surface area contributed by atoms with Gasteiger partial charge in [0.1, 0.15) is 0 Å². The lowest BCUT2D eigenvalue weighted by atomic mass is 9.91. The fraction of sp³-hybridized carbons (Fsp3) is 0. The van der Waals surface area contributed by atoms with Crippen molar-refractivity contribution in [3.63, 3.8) is 0 Å². The van der Waals surface area contributed by atoms with Crippen molar-refractivity contribution in [3.8, 4) is 33.4 Å². The summed E-state index contributed by atoms with van der Waals surface area (Å²) in [4.78, 5) is 2.43. The highest BCUT2D eigenvalue weighted by Crippen LogP contribution is 2.47. The molecule has 0 saturated carbocycles. The van der Waals surface area contributed by atoms with E-state index in [-0.39, 0.29) is 0 Å². The zero-order valence-electron chi connectivity index (χ0n) is 24.8. The molecular formula is C44H31N. The number of anilines is 3. The highest BCUT2D eigenvalue weighted by atomic mass is 15.1. The van der Waals surface area contributed by atoms with Gasteiger partial charge in [0, 0.05) is 16.9 Å². The molecule has 8 rings (SSSR count). The van der Waals surface area contributed by atoms with E-state index in [4.69, 9.17) is 0 Å². The van der Waals surface area contributed by atoms with Gasteiger partial charge in [-0.3, -0.25) is 0 Å². The van der Waals surface area contributed by atoms with Crippen molar-refractivity contribution in [1.29, 1.82) is 0 Å². The number of benzene rings is 8. The molecule has 0 bridgehead atoms. The number of hydrogen-bond acceptors (Lipinski definition) is 1. The maximum absolute atomic E-state index is 2.43. The van der Waals surface area contributed by atoms with Gasteiger partial charge in [-0.15, -0.1) is 0 Å². The van der Waals surface area contributed by atoms with Gasteiger partial charge in [0.15, 0.2) is 0 Å². The van der Waals surface area contributed by atoms with Crippen molar-refractivity contribution >= 4 is 38.6 Å². The van der Waals surface area contributed by atoms with Gasteiger partial charge in [-0.25, -0.2) is 0 Å². The minimum absolute atomic E-state index is 1.11. The average molecular weight is 574 g/mol. The van der Waals surface area contributed by atoms with Crippen molar-refractivity contribution in [2.24, 2.45) is 0 Å². The topological polar surface area (TPSA) is 3.24 Å². The molecule has 0 radical (unpaired) electrons. The maximum Gasteiger partial charge on any atom is 0.0546 e. The molecule has 0 aliphatic rings. The van der Waals surface area contributed by atoms with Crippen LogP contribution in [0.1, 0.15) is 0 Å². The molecule has 0 aromatic heterocycles. The van der Waals surface area contributed by atoms with Crippen molar-refractivity contribution in [2.45, 2.75) is 0 Å². The highest BCUT2D eigenvalue weighted by molar-refractivity contribution is 6.11. The molecule has 0 unspecified atom stereocenters. The van der Waals surface area contributed by atoms with E-state index >= 15 is 0 Å². The number of fused-ring (bicyclic) bond motifs is 2. The molecule has 0 spiro atoms. The summed E-state index contributed by atoms with van der Waals surface area (Å²) in [6.07, 6.45) is 0. The Morgan fingerprint density at radius 1 is 0.311 bits per heavy atom. The minimum Gasteiger partial charge on any atom is -0.310 e. The van der Waals surface area contributed by atoms with Gasteiger partial charge in [0.05, 0.1) is 5.69 Å². The van der Waals surface area contributed by atoms with Crippen LogP contribution in [0, 0.1) is 0 Å². The van der Waals surface area contributed by atoms with Crippen LogP contribution < -0.4 is 4.90 Å². The van der Waals surface area contributed by atoms with Crippen LogP contribution in [-0.4, -0.2) is 0 Å². The highest BCUT2D eigenvalue weighted by Gasteiger charge is 2.21. The lowest BCUT2D eigenvalue weighted by molar-refractivity contribution is 1.29. The quantitative estimate of drug-likeness (QED) is 0.191. The van der Waals surface area contributed by atoms with E-state index in [9.17, 15) is 0 Å². The second kappa shape index (κ2) is 11.6. The zero-order chi connectivity index (χ0) is 30.0. The van der Waals surface area contributed by atoms with E-state index in [2.05, 4.69) is 193 Å². The molecule has 45 heavy (non-hydrogen) atoms. The van der Waals surface area contributed by atoms with E-state index < -0.39 is 0 Å². The van der Waals surface area contributed by atoms with Gasteiger partial charge in [-0.1, -0.05) is 158 Å². The van der Waals surface area contributed by atoms with Gasteiger partial charge >= 0.3 is 0 Å². The summed E-state index contributed by atoms with van der Waals surface area (Å²) < 4.78 is 0. The fourth-order valence-electron chi connectivity index (χ4n) is 6.51. The van der Waals surface area contributed by atoms with E-state index in [0.717, 1.165) is 17.1 Å². The second-order valence-corrected chi connectivity index (χ2v) is 11.4. The Balaban J connectivity index is 1.43. The van der Waals surface area contributed by atoms with Crippen LogP contribution in [0.2, 0.25) is 0 Å². The summed E-state index contributed by atoms with van der Waals surface area (Å²) in [5.41, 5.74) is 10.6. The SMILES string of the molecule is c1ccc(-c2cccc(N(c3cccc(-c4ccccc4)c3)c3ccc4ccccc4c3-c3cccc4ccccc34)c2)cc1. The smallest absolute Gasteiger partial charge is 0.0546 e. The number of rotatable bonds is 6. The molecule has 0 saturated heterocycles. The van der Waals surface area contributed by atoms with E-state index in [1.54, 1.807) is 0 Å². The fourth-order valence-corrected chi connectivity index (χ4v) is 6.51. The molecular weight excluding hydrogens is 542 g/mol. The van der Waals surface area contributed by atoms with Crippen LogP contribution in [0.25, 0.3) is 54.9 Å². The van der Waals surface area contributed by atoms with Crippen LogP contribution in [0.15, 0.2) is 188 Å². The summed E-state index contributed by atoms with van der Waals surface area (Å²) in [6, 6.07) is 67.7. The van der Waals surface area contributed by atoms with Crippen molar-refractivity contribution in [3.05, 3.63) is 188 Å². The first kappa shape index (κ1) is 26.7.